The lowest BCUT2D eigenvalue weighted by atomic mass is 9.78. The predicted octanol–water partition coefficient (Wildman–Crippen LogP) is 1.50. The van der Waals surface area contributed by atoms with Gasteiger partial charge in [-0.15, -0.1) is 0 Å². The molecule has 0 aromatic carbocycles. The van der Waals surface area contributed by atoms with Crippen LogP contribution < -0.4 is 0 Å². The van der Waals surface area contributed by atoms with Crippen LogP contribution in [-0.2, 0) is 4.79 Å². The molecule has 72 valence electrons. The molecule has 0 aliphatic rings. The van der Waals surface area contributed by atoms with Gasteiger partial charge in [-0.3, -0.25) is 4.79 Å². The van der Waals surface area contributed by atoms with Crippen LogP contribution in [0.1, 0.15) is 34.1 Å². The molecule has 0 bridgehead atoms. The van der Waals surface area contributed by atoms with Crippen LogP contribution in [0, 0.1) is 11.3 Å². The van der Waals surface area contributed by atoms with Gasteiger partial charge in [-0.25, -0.2) is 0 Å². The monoisotopic (exact) mass is 174 g/mol. The van der Waals surface area contributed by atoms with Crippen LogP contribution >= 0.6 is 0 Å². The molecule has 0 saturated carbocycles. The number of carbonyl (C=O) groups is 1. The fourth-order valence-corrected chi connectivity index (χ4v) is 0.933. The van der Waals surface area contributed by atoms with Crippen molar-refractivity contribution in [3.05, 3.63) is 0 Å². The molecule has 0 amide bonds. The molecule has 3 nitrogen and oxygen atoms in total. The maximum Gasteiger partial charge on any atom is 0.305 e. The molecule has 0 fully saturated rings. The van der Waals surface area contributed by atoms with Gasteiger partial charge in [0.05, 0.1) is 12.5 Å². The van der Waals surface area contributed by atoms with Crippen LogP contribution in [-0.4, -0.2) is 22.3 Å². The molecular weight excluding hydrogens is 156 g/mol. The first-order valence-corrected chi connectivity index (χ1v) is 4.15. The molecule has 0 radical (unpaired) electrons. The molecular formula is C9H18O3. The second-order valence-electron chi connectivity index (χ2n) is 4.32. The van der Waals surface area contributed by atoms with E-state index in [9.17, 15) is 9.90 Å². The number of aliphatic hydroxyl groups excluding tert-OH is 1. The van der Waals surface area contributed by atoms with E-state index < -0.39 is 12.1 Å². The maximum atomic E-state index is 10.3. The van der Waals surface area contributed by atoms with E-state index in [-0.39, 0.29) is 17.8 Å². The Bertz CT molecular complexity index is 158. The Morgan fingerprint density at radius 1 is 1.42 bits per heavy atom. The minimum absolute atomic E-state index is 0.00593. The van der Waals surface area contributed by atoms with Crippen molar-refractivity contribution in [2.45, 2.75) is 40.2 Å². The summed E-state index contributed by atoms with van der Waals surface area (Å²) in [5, 5.41) is 17.9. The van der Waals surface area contributed by atoms with Gasteiger partial charge in [-0.2, -0.15) is 0 Å². The lowest BCUT2D eigenvalue weighted by Gasteiger charge is -2.30. The number of carboxylic acid groups (broad SMARTS) is 1. The normalized spacial score (nSPS) is 17.1. The summed E-state index contributed by atoms with van der Waals surface area (Å²) < 4.78 is 0. The highest BCUT2D eigenvalue weighted by atomic mass is 16.4. The minimum Gasteiger partial charge on any atom is -0.481 e. The van der Waals surface area contributed by atoms with E-state index >= 15 is 0 Å². The van der Waals surface area contributed by atoms with E-state index in [0.29, 0.717) is 0 Å². The van der Waals surface area contributed by atoms with E-state index in [1.165, 1.54) is 0 Å². The molecule has 0 rings (SSSR count). The summed E-state index contributed by atoms with van der Waals surface area (Å²) in [6, 6.07) is 0. The van der Waals surface area contributed by atoms with Gasteiger partial charge in [0, 0.05) is 0 Å². The molecule has 2 atom stereocenters. The second kappa shape index (κ2) is 3.90. The lowest BCUT2D eigenvalue weighted by Crippen LogP contribution is -2.31. The Morgan fingerprint density at radius 3 is 2.08 bits per heavy atom. The molecule has 12 heavy (non-hydrogen) atoms. The third-order valence-electron chi connectivity index (χ3n) is 2.33. The third-order valence-corrected chi connectivity index (χ3v) is 2.33. The van der Waals surface area contributed by atoms with Crippen molar-refractivity contribution in [1.82, 2.24) is 0 Å². The van der Waals surface area contributed by atoms with Gasteiger partial charge < -0.3 is 10.2 Å². The fourth-order valence-electron chi connectivity index (χ4n) is 0.933. The average molecular weight is 174 g/mol. The molecule has 0 aromatic rings. The Hall–Kier alpha value is -0.570. The summed E-state index contributed by atoms with van der Waals surface area (Å²) in [6.45, 7) is 7.84. The Morgan fingerprint density at radius 2 is 1.83 bits per heavy atom. The van der Waals surface area contributed by atoms with Crippen molar-refractivity contribution in [2.24, 2.45) is 11.3 Å². The van der Waals surface area contributed by atoms with Crippen LogP contribution in [0.15, 0.2) is 0 Å². The highest BCUT2D eigenvalue weighted by molar-refractivity contribution is 5.67. The zero-order valence-electron chi connectivity index (χ0n) is 8.16. The molecule has 0 heterocycles. The van der Waals surface area contributed by atoms with E-state index in [2.05, 4.69) is 0 Å². The van der Waals surface area contributed by atoms with Crippen molar-refractivity contribution < 1.29 is 15.0 Å². The van der Waals surface area contributed by atoms with Crippen molar-refractivity contribution in [3.63, 3.8) is 0 Å². The SMILES string of the molecule is CC(C(O)CC(=O)O)C(C)(C)C. The molecule has 0 aliphatic heterocycles. The van der Waals surface area contributed by atoms with Gasteiger partial charge in [0.15, 0.2) is 0 Å². The van der Waals surface area contributed by atoms with Crippen LogP contribution in [0.5, 0.6) is 0 Å². The number of aliphatic carboxylic acids is 1. The van der Waals surface area contributed by atoms with Crippen LogP contribution in [0.25, 0.3) is 0 Å². The quantitative estimate of drug-likeness (QED) is 0.681. The summed E-state index contributed by atoms with van der Waals surface area (Å²) in [5.74, 6) is -0.952. The van der Waals surface area contributed by atoms with Gasteiger partial charge >= 0.3 is 5.97 Å². The van der Waals surface area contributed by atoms with E-state index in [1.54, 1.807) is 0 Å². The number of carboxylic acids is 1. The van der Waals surface area contributed by atoms with Gasteiger partial charge in [0.25, 0.3) is 0 Å². The summed E-state index contributed by atoms with van der Waals surface area (Å²) in [7, 11) is 0. The van der Waals surface area contributed by atoms with Crippen molar-refractivity contribution in [3.8, 4) is 0 Å². The van der Waals surface area contributed by atoms with E-state index in [4.69, 9.17) is 5.11 Å². The zero-order valence-corrected chi connectivity index (χ0v) is 8.16. The lowest BCUT2D eigenvalue weighted by molar-refractivity contribution is -0.140. The summed E-state index contributed by atoms with van der Waals surface area (Å²) in [6.07, 6.45) is -0.916. The number of aliphatic hydroxyl groups is 1. The van der Waals surface area contributed by atoms with Gasteiger partial charge in [-0.05, 0) is 11.3 Å². The molecule has 2 N–H and O–H groups in total. The average Bonchev–Trinajstić information content (AvgIpc) is 1.82. The van der Waals surface area contributed by atoms with Gasteiger partial charge in [0.1, 0.15) is 0 Å². The Labute approximate surface area is 73.4 Å². The van der Waals surface area contributed by atoms with Crippen molar-refractivity contribution in [1.29, 1.82) is 0 Å². The van der Waals surface area contributed by atoms with Crippen LogP contribution in [0.2, 0.25) is 0 Å². The summed E-state index contributed by atoms with van der Waals surface area (Å²) >= 11 is 0. The van der Waals surface area contributed by atoms with E-state index in [0.717, 1.165) is 0 Å². The highest BCUT2D eigenvalue weighted by Crippen LogP contribution is 2.29. The Balaban J connectivity index is 4.10. The summed E-state index contributed by atoms with van der Waals surface area (Å²) in [5.41, 5.74) is -0.0468. The molecule has 0 spiro atoms. The maximum absolute atomic E-state index is 10.3. The molecule has 0 aromatic heterocycles. The topological polar surface area (TPSA) is 57.5 Å². The van der Waals surface area contributed by atoms with Crippen LogP contribution in [0.3, 0.4) is 0 Å². The van der Waals surface area contributed by atoms with Crippen LogP contribution in [0.4, 0.5) is 0 Å². The van der Waals surface area contributed by atoms with E-state index in [1.807, 2.05) is 27.7 Å². The summed E-state index contributed by atoms with van der Waals surface area (Å²) in [4.78, 5) is 10.3. The number of hydrogen-bond donors (Lipinski definition) is 2. The second-order valence-corrected chi connectivity index (χ2v) is 4.32. The standard InChI is InChI=1S/C9H18O3/c1-6(9(2,3)4)7(10)5-8(11)12/h6-7,10H,5H2,1-4H3,(H,11,12). The highest BCUT2D eigenvalue weighted by Gasteiger charge is 2.28. The predicted molar refractivity (Wildman–Crippen MR) is 46.9 cm³/mol. The van der Waals surface area contributed by atoms with Crippen molar-refractivity contribution >= 4 is 5.97 Å². The number of rotatable bonds is 3. The molecule has 3 heteroatoms. The van der Waals surface area contributed by atoms with Gasteiger partial charge in [-0.1, -0.05) is 27.7 Å². The fraction of sp³-hybridized carbons (Fsp3) is 0.889. The third kappa shape index (κ3) is 3.72. The first-order valence-electron chi connectivity index (χ1n) is 4.15. The molecule has 2 unspecified atom stereocenters. The minimum atomic E-state index is -0.946. The molecule has 0 aliphatic carbocycles. The first kappa shape index (κ1) is 11.4. The molecule has 0 saturated heterocycles. The smallest absolute Gasteiger partial charge is 0.305 e. The first-order chi connectivity index (χ1) is 5.25. The van der Waals surface area contributed by atoms with Gasteiger partial charge in [0.2, 0.25) is 0 Å². The van der Waals surface area contributed by atoms with Crippen molar-refractivity contribution in [2.75, 3.05) is 0 Å². The largest absolute Gasteiger partial charge is 0.481 e. The zero-order chi connectivity index (χ0) is 9.94. The Kier molecular flexibility index (Phi) is 3.71. The number of hydrogen-bond acceptors (Lipinski definition) is 2.